The number of carbonyl (C=O) groups is 2. The van der Waals surface area contributed by atoms with Crippen LogP contribution in [0.5, 0.6) is 0 Å². The average Bonchev–Trinajstić information content (AvgIpc) is 3.53. The Kier molecular flexibility index (Phi) is 9.26. The van der Waals surface area contributed by atoms with Crippen molar-refractivity contribution < 1.29 is 9.59 Å². The Labute approximate surface area is 222 Å². The molecule has 2 atom stereocenters. The van der Waals surface area contributed by atoms with Crippen molar-refractivity contribution in [3.8, 4) is 0 Å². The molecule has 2 heterocycles. The Morgan fingerprint density at radius 3 is 2.65 bits per heavy atom. The minimum Gasteiger partial charge on any atom is -0.349 e. The second kappa shape index (κ2) is 12.6. The summed E-state index contributed by atoms with van der Waals surface area (Å²) in [6, 6.07) is 5.52. The van der Waals surface area contributed by atoms with E-state index >= 15 is 0 Å². The molecule has 1 unspecified atom stereocenters. The molecule has 2 amide bonds. The smallest absolute Gasteiger partial charge is 0.243 e. The van der Waals surface area contributed by atoms with Gasteiger partial charge < -0.3 is 16.4 Å². The second-order valence-corrected chi connectivity index (χ2v) is 11.4. The molecule has 10 heteroatoms. The average molecular weight is 526 g/mol. The summed E-state index contributed by atoms with van der Waals surface area (Å²) in [7, 11) is 0. The lowest BCUT2D eigenvalue weighted by Crippen LogP contribution is -2.53. The van der Waals surface area contributed by atoms with Crippen molar-refractivity contribution in [3.05, 3.63) is 40.7 Å². The Morgan fingerprint density at radius 2 is 1.97 bits per heavy atom. The Bertz CT molecular complexity index is 1200. The number of hydrogen-bond acceptors (Lipinski definition) is 7. The van der Waals surface area contributed by atoms with Gasteiger partial charge in [-0.3, -0.25) is 14.3 Å². The molecule has 3 aromatic rings. The first-order valence-electron chi connectivity index (χ1n) is 13.4. The first kappa shape index (κ1) is 27.2. The minimum atomic E-state index is -0.695. The number of thiazole rings is 1. The zero-order valence-corrected chi connectivity index (χ0v) is 22.9. The van der Waals surface area contributed by atoms with Crippen LogP contribution in [0.1, 0.15) is 81.5 Å². The molecular formula is C27H39N7O2S. The van der Waals surface area contributed by atoms with Gasteiger partial charge in [0, 0.05) is 25.6 Å². The van der Waals surface area contributed by atoms with Gasteiger partial charge in [0.1, 0.15) is 6.04 Å². The topological polar surface area (TPSA) is 128 Å². The molecule has 4 rings (SSSR count). The van der Waals surface area contributed by atoms with Crippen LogP contribution in [0.2, 0.25) is 0 Å². The Hall–Kier alpha value is -2.85. The molecule has 1 saturated carbocycles. The highest BCUT2D eigenvalue weighted by Crippen LogP contribution is 2.29. The van der Waals surface area contributed by atoms with Crippen molar-refractivity contribution in [2.75, 3.05) is 0 Å². The van der Waals surface area contributed by atoms with Crippen LogP contribution in [0.3, 0.4) is 0 Å². The van der Waals surface area contributed by atoms with E-state index in [0.29, 0.717) is 37.8 Å². The third-order valence-corrected chi connectivity index (χ3v) is 8.24. The number of carbonyl (C=O) groups excluding carboxylic acids is 2. The molecule has 0 spiro atoms. The first-order chi connectivity index (χ1) is 17.9. The number of amides is 2. The molecule has 1 fully saturated rings. The highest BCUT2D eigenvalue weighted by molar-refractivity contribution is 7.18. The van der Waals surface area contributed by atoms with Crippen LogP contribution in [0.4, 0.5) is 0 Å². The number of nitrogens with zero attached hydrogens (tertiary/aromatic N) is 4. The normalized spacial score (nSPS) is 16.1. The van der Waals surface area contributed by atoms with E-state index in [-0.39, 0.29) is 17.9 Å². The fraction of sp³-hybridized carbons (Fsp3) is 0.593. The van der Waals surface area contributed by atoms with Crippen molar-refractivity contribution in [3.63, 3.8) is 0 Å². The molecule has 1 aromatic carbocycles. The van der Waals surface area contributed by atoms with Gasteiger partial charge in [0.25, 0.3) is 0 Å². The molecule has 4 N–H and O–H groups in total. The minimum absolute atomic E-state index is 0.106. The van der Waals surface area contributed by atoms with Gasteiger partial charge in [-0.15, -0.1) is 16.4 Å². The highest BCUT2D eigenvalue weighted by atomic mass is 32.1. The van der Waals surface area contributed by atoms with Crippen LogP contribution in [-0.2, 0) is 29.1 Å². The largest absolute Gasteiger partial charge is 0.349 e. The molecular weight excluding hydrogens is 486 g/mol. The second-order valence-electron chi connectivity index (χ2n) is 10.3. The number of nitrogens with one attached hydrogen (secondary N) is 2. The van der Waals surface area contributed by atoms with Gasteiger partial charge in [-0.25, -0.2) is 4.98 Å². The summed E-state index contributed by atoms with van der Waals surface area (Å²) in [5.41, 5.74) is 8.62. The van der Waals surface area contributed by atoms with Crippen LogP contribution >= 0.6 is 11.3 Å². The summed E-state index contributed by atoms with van der Waals surface area (Å²) in [4.78, 5) is 30.8. The van der Waals surface area contributed by atoms with Crippen molar-refractivity contribution in [2.24, 2.45) is 11.7 Å². The van der Waals surface area contributed by atoms with Crippen molar-refractivity contribution in [2.45, 2.75) is 96.8 Å². The number of fused-ring (bicyclic) bond motifs is 1. The maximum atomic E-state index is 13.6. The predicted molar refractivity (Wildman–Crippen MR) is 146 cm³/mol. The molecule has 0 aliphatic heterocycles. The van der Waals surface area contributed by atoms with Crippen molar-refractivity contribution >= 4 is 33.4 Å². The number of nitrogens with two attached hydrogens (primary N) is 1. The molecule has 0 radical (unpaired) electrons. The van der Waals surface area contributed by atoms with Gasteiger partial charge in [-0.2, -0.15) is 0 Å². The van der Waals surface area contributed by atoms with Crippen LogP contribution in [0, 0.1) is 5.92 Å². The Morgan fingerprint density at radius 1 is 1.19 bits per heavy atom. The maximum absolute atomic E-state index is 13.6. The molecule has 37 heavy (non-hydrogen) atoms. The molecule has 0 saturated heterocycles. The molecule has 2 aromatic heterocycles. The van der Waals surface area contributed by atoms with Gasteiger partial charge in [0.15, 0.2) is 0 Å². The number of hydrogen-bond donors (Lipinski definition) is 3. The fourth-order valence-corrected chi connectivity index (χ4v) is 6.03. The molecule has 1 aliphatic carbocycles. The molecule has 9 nitrogen and oxygen atoms in total. The van der Waals surface area contributed by atoms with E-state index in [2.05, 4.69) is 46.9 Å². The lowest BCUT2D eigenvalue weighted by molar-refractivity contribution is -0.129. The van der Waals surface area contributed by atoms with Crippen molar-refractivity contribution in [1.82, 2.24) is 30.6 Å². The summed E-state index contributed by atoms with van der Waals surface area (Å²) in [6.45, 7) is 6.98. The number of rotatable bonds is 11. The van der Waals surface area contributed by atoms with Crippen LogP contribution in [0.25, 0.3) is 10.2 Å². The lowest BCUT2D eigenvalue weighted by atomic mass is 9.83. The number of benzene rings is 1. The van der Waals surface area contributed by atoms with E-state index in [1.54, 1.807) is 22.9 Å². The van der Waals surface area contributed by atoms with E-state index in [1.807, 2.05) is 12.3 Å². The number of aromatic nitrogens is 4. The summed E-state index contributed by atoms with van der Waals surface area (Å²) in [5, 5.41) is 15.4. The SMILES string of the molecule is CCC(=O)N[C@@H](Cc1nc2ccc(C(C)C)cc2s1)C(=O)NC(Cn1cc(CN)nn1)C1CCCCC1. The standard InChI is InChI=1S/C27H39N7O2S/c1-4-25(35)29-22(13-26-30-21-11-10-19(17(2)3)12-24(21)37-26)27(36)31-23(18-8-6-5-7-9-18)16-34-15-20(14-28)32-33-34/h10-12,15,17-18,22-23H,4-9,13-14,16,28H2,1-3H3,(H,29,35)(H,31,36)/t22-,23?/m0/s1. The van der Waals surface area contributed by atoms with E-state index in [0.717, 1.165) is 46.6 Å². The van der Waals surface area contributed by atoms with Crippen LogP contribution in [-0.4, -0.2) is 43.9 Å². The van der Waals surface area contributed by atoms with Crippen LogP contribution in [0.15, 0.2) is 24.4 Å². The van der Waals surface area contributed by atoms with Gasteiger partial charge in [0.2, 0.25) is 11.8 Å². The third-order valence-electron chi connectivity index (χ3n) is 7.20. The summed E-state index contributed by atoms with van der Waals surface area (Å²) in [5.74, 6) is 0.447. The monoisotopic (exact) mass is 525 g/mol. The highest BCUT2D eigenvalue weighted by Gasteiger charge is 2.30. The molecule has 200 valence electrons. The lowest BCUT2D eigenvalue weighted by Gasteiger charge is -2.32. The van der Waals surface area contributed by atoms with Gasteiger partial charge in [0.05, 0.1) is 33.5 Å². The zero-order chi connectivity index (χ0) is 26.4. The Balaban J connectivity index is 1.53. The van der Waals surface area contributed by atoms with Gasteiger partial charge in [-0.1, -0.05) is 51.3 Å². The fourth-order valence-electron chi connectivity index (χ4n) is 4.97. The summed E-state index contributed by atoms with van der Waals surface area (Å²) >= 11 is 1.59. The maximum Gasteiger partial charge on any atom is 0.243 e. The van der Waals surface area contributed by atoms with E-state index in [1.165, 1.54) is 12.0 Å². The third kappa shape index (κ3) is 7.13. The molecule has 1 aliphatic rings. The predicted octanol–water partition coefficient (Wildman–Crippen LogP) is 3.67. The van der Waals surface area contributed by atoms with Crippen LogP contribution < -0.4 is 16.4 Å². The van der Waals surface area contributed by atoms with Gasteiger partial charge >= 0.3 is 0 Å². The van der Waals surface area contributed by atoms with E-state index in [9.17, 15) is 9.59 Å². The quantitative estimate of drug-likeness (QED) is 0.350. The van der Waals surface area contributed by atoms with E-state index in [4.69, 9.17) is 10.7 Å². The molecule has 0 bridgehead atoms. The zero-order valence-electron chi connectivity index (χ0n) is 22.1. The van der Waals surface area contributed by atoms with E-state index < -0.39 is 6.04 Å². The first-order valence-corrected chi connectivity index (χ1v) is 14.3. The summed E-state index contributed by atoms with van der Waals surface area (Å²) in [6.07, 6.45) is 8.16. The van der Waals surface area contributed by atoms with Crippen molar-refractivity contribution in [1.29, 1.82) is 0 Å². The summed E-state index contributed by atoms with van der Waals surface area (Å²) < 4.78 is 2.87. The van der Waals surface area contributed by atoms with Gasteiger partial charge in [-0.05, 0) is 42.4 Å².